The molecular formula is C15H15ClFN3S. The van der Waals surface area contributed by atoms with Crippen LogP contribution in [0.15, 0.2) is 42.6 Å². The molecule has 110 valence electrons. The van der Waals surface area contributed by atoms with Gasteiger partial charge in [-0.3, -0.25) is 0 Å². The van der Waals surface area contributed by atoms with Crippen molar-refractivity contribution in [3.8, 4) is 0 Å². The number of pyridine rings is 1. The largest absolute Gasteiger partial charge is 0.359 e. The number of hydrogen-bond acceptors (Lipinski definition) is 2. The van der Waals surface area contributed by atoms with Gasteiger partial charge in [0.15, 0.2) is 5.11 Å². The molecule has 2 aromatic rings. The molecule has 0 bridgehead atoms. The van der Waals surface area contributed by atoms with Crippen molar-refractivity contribution in [1.29, 1.82) is 0 Å². The first kappa shape index (κ1) is 15.7. The van der Waals surface area contributed by atoms with Crippen molar-refractivity contribution in [2.75, 3.05) is 11.9 Å². The van der Waals surface area contributed by atoms with Crippen molar-refractivity contribution in [3.05, 3.63) is 58.7 Å². The van der Waals surface area contributed by atoms with Gasteiger partial charge in [-0.15, -0.1) is 0 Å². The minimum Gasteiger partial charge on any atom is -0.359 e. The lowest BCUT2D eigenvalue weighted by atomic mass is 10.1. The predicted molar refractivity (Wildman–Crippen MR) is 88.5 cm³/mol. The maximum absolute atomic E-state index is 14.0. The number of thiocarbonyl (C=S) groups is 1. The van der Waals surface area contributed by atoms with E-state index in [2.05, 4.69) is 15.6 Å². The van der Waals surface area contributed by atoms with Crippen molar-refractivity contribution in [3.63, 3.8) is 0 Å². The van der Waals surface area contributed by atoms with Gasteiger partial charge in [0.05, 0.1) is 6.54 Å². The molecule has 1 atom stereocenters. The number of nitrogens with zero attached hydrogens (tertiary/aromatic N) is 1. The van der Waals surface area contributed by atoms with Gasteiger partial charge in [0.25, 0.3) is 0 Å². The fourth-order valence-corrected chi connectivity index (χ4v) is 1.99. The van der Waals surface area contributed by atoms with Gasteiger partial charge in [-0.25, -0.2) is 9.37 Å². The Morgan fingerprint density at radius 2 is 2.00 bits per heavy atom. The van der Waals surface area contributed by atoms with Crippen LogP contribution in [0.1, 0.15) is 17.3 Å². The summed E-state index contributed by atoms with van der Waals surface area (Å²) in [5, 5.41) is 6.66. The van der Waals surface area contributed by atoms with E-state index in [0.29, 0.717) is 21.5 Å². The summed E-state index contributed by atoms with van der Waals surface area (Å²) < 4.78 is 14.0. The van der Waals surface area contributed by atoms with Crippen LogP contribution in [0.5, 0.6) is 0 Å². The van der Waals surface area contributed by atoms with Crippen LogP contribution in [0.2, 0.25) is 5.02 Å². The van der Waals surface area contributed by atoms with Crippen molar-refractivity contribution in [1.82, 2.24) is 10.3 Å². The number of aryl methyl sites for hydroxylation is 1. The second-order valence-electron chi connectivity index (χ2n) is 4.57. The monoisotopic (exact) mass is 323 g/mol. The Morgan fingerprint density at radius 3 is 2.62 bits per heavy atom. The lowest BCUT2D eigenvalue weighted by Crippen LogP contribution is -2.31. The van der Waals surface area contributed by atoms with E-state index < -0.39 is 6.17 Å². The van der Waals surface area contributed by atoms with Crippen LogP contribution >= 0.6 is 23.8 Å². The Morgan fingerprint density at radius 1 is 1.29 bits per heavy atom. The van der Waals surface area contributed by atoms with Gasteiger partial charge < -0.3 is 10.6 Å². The zero-order chi connectivity index (χ0) is 15.2. The van der Waals surface area contributed by atoms with E-state index in [-0.39, 0.29) is 6.54 Å². The highest BCUT2D eigenvalue weighted by Crippen LogP contribution is 2.19. The Balaban J connectivity index is 1.83. The molecule has 0 fully saturated rings. The van der Waals surface area contributed by atoms with Crippen molar-refractivity contribution in [2.24, 2.45) is 0 Å². The van der Waals surface area contributed by atoms with E-state index in [9.17, 15) is 4.39 Å². The number of anilines is 1. The smallest absolute Gasteiger partial charge is 0.172 e. The molecule has 0 spiro atoms. The van der Waals surface area contributed by atoms with E-state index in [1.165, 1.54) is 0 Å². The highest BCUT2D eigenvalue weighted by molar-refractivity contribution is 7.80. The zero-order valence-electron chi connectivity index (χ0n) is 11.4. The molecule has 2 rings (SSSR count). The number of hydrogen-bond donors (Lipinski definition) is 2. The molecule has 0 radical (unpaired) electrons. The van der Waals surface area contributed by atoms with E-state index in [1.54, 1.807) is 30.5 Å². The third-order valence-electron chi connectivity index (χ3n) is 2.83. The Bertz CT molecular complexity index is 601. The molecule has 3 nitrogen and oxygen atoms in total. The van der Waals surface area contributed by atoms with Crippen molar-refractivity contribution in [2.45, 2.75) is 13.1 Å². The highest BCUT2D eigenvalue weighted by atomic mass is 35.5. The molecule has 0 saturated carbocycles. The molecule has 6 heteroatoms. The van der Waals surface area contributed by atoms with Crippen molar-refractivity contribution < 1.29 is 4.39 Å². The molecule has 0 aliphatic heterocycles. The lowest BCUT2D eigenvalue weighted by Gasteiger charge is -2.13. The molecule has 1 aromatic heterocycles. The van der Waals surface area contributed by atoms with Crippen LogP contribution < -0.4 is 10.6 Å². The van der Waals surface area contributed by atoms with E-state index >= 15 is 0 Å². The fourth-order valence-electron chi connectivity index (χ4n) is 1.67. The molecule has 0 aliphatic rings. The standard InChI is InChI=1S/C15H15ClFN3S/c1-10-2-7-14(18-8-10)20-15(21)19-9-13(17)11-3-5-12(16)6-4-11/h2-8,13H,9H2,1H3,(H2,18,19,20,21). The first-order chi connectivity index (χ1) is 10.0. The van der Waals surface area contributed by atoms with Gasteiger partial charge in [-0.05, 0) is 48.5 Å². The number of halogens is 2. The maximum atomic E-state index is 14.0. The van der Waals surface area contributed by atoms with Gasteiger partial charge in [-0.1, -0.05) is 29.8 Å². The second kappa shape index (κ2) is 7.33. The fraction of sp³-hybridized carbons (Fsp3) is 0.200. The first-order valence-corrected chi connectivity index (χ1v) is 7.20. The topological polar surface area (TPSA) is 37.0 Å². The summed E-state index contributed by atoms with van der Waals surface area (Å²) in [6.07, 6.45) is 0.573. The van der Waals surface area contributed by atoms with Gasteiger partial charge >= 0.3 is 0 Å². The molecular weight excluding hydrogens is 309 g/mol. The van der Waals surface area contributed by atoms with E-state index in [0.717, 1.165) is 5.56 Å². The average Bonchev–Trinajstić information content (AvgIpc) is 2.48. The number of benzene rings is 1. The summed E-state index contributed by atoms with van der Waals surface area (Å²) in [4.78, 5) is 4.17. The molecule has 21 heavy (non-hydrogen) atoms. The molecule has 1 heterocycles. The van der Waals surface area contributed by atoms with E-state index in [4.69, 9.17) is 23.8 Å². The van der Waals surface area contributed by atoms with Crippen LogP contribution in [-0.2, 0) is 0 Å². The highest BCUT2D eigenvalue weighted by Gasteiger charge is 2.10. The van der Waals surface area contributed by atoms with Crippen LogP contribution in [0.3, 0.4) is 0 Å². The third kappa shape index (κ3) is 4.95. The Kier molecular flexibility index (Phi) is 5.47. The number of rotatable bonds is 4. The third-order valence-corrected chi connectivity index (χ3v) is 3.32. The van der Waals surface area contributed by atoms with Crippen LogP contribution in [0.4, 0.5) is 10.2 Å². The molecule has 0 saturated heterocycles. The van der Waals surface area contributed by atoms with Crippen molar-refractivity contribution >= 4 is 34.7 Å². The number of nitrogens with one attached hydrogen (secondary N) is 2. The zero-order valence-corrected chi connectivity index (χ0v) is 13.0. The summed E-state index contributed by atoms with van der Waals surface area (Å²) in [5.41, 5.74) is 1.62. The normalized spacial score (nSPS) is 11.8. The molecule has 0 aliphatic carbocycles. The first-order valence-electron chi connectivity index (χ1n) is 6.41. The number of aromatic nitrogens is 1. The summed E-state index contributed by atoms with van der Waals surface area (Å²) in [6.45, 7) is 2.03. The number of alkyl halides is 1. The summed E-state index contributed by atoms with van der Waals surface area (Å²) in [6, 6.07) is 10.4. The lowest BCUT2D eigenvalue weighted by molar-refractivity contribution is 0.343. The summed E-state index contributed by atoms with van der Waals surface area (Å²) >= 11 is 10.9. The van der Waals surface area contributed by atoms with E-state index in [1.807, 2.05) is 19.1 Å². The van der Waals surface area contributed by atoms with Gasteiger partial charge in [0.1, 0.15) is 12.0 Å². The quantitative estimate of drug-likeness (QED) is 0.833. The van der Waals surface area contributed by atoms with Gasteiger partial charge in [-0.2, -0.15) is 0 Å². The molecule has 2 N–H and O–H groups in total. The second-order valence-corrected chi connectivity index (χ2v) is 5.42. The van der Waals surface area contributed by atoms with Crippen LogP contribution in [0, 0.1) is 6.92 Å². The molecule has 1 unspecified atom stereocenters. The van der Waals surface area contributed by atoms with Crippen LogP contribution in [-0.4, -0.2) is 16.6 Å². The Labute approximate surface area is 133 Å². The van der Waals surface area contributed by atoms with Crippen LogP contribution in [0.25, 0.3) is 0 Å². The van der Waals surface area contributed by atoms with Gasteiger partial charge in [0.2, 0.25) is 0 Å². The minimum atomic E-state index is -1.16. The maximum Gasteiger partial charge on any atom is 0.172 e. The van der Waals surface area contributed by atoms with Gasteiger partial charge in [0, 0.05) is 11.2 Å². The molecule has 1 aromatic carbocycles. The molecule has 0 amide bonds. The minimum absolute atomic E-state index is 0.0827. The SMILES string of the molecule is Cc1ccc(NC(=S)NCC(F)c2ccc(Cl)cc2)nc1. The Hall–Kier alpha value is -1.72. The summed E-state index contributed by atoms with van der Waals surface area (Å²) in [7, 11) is 0. The average molecular weight is 324 g/mol. The summed E-state index contributed by atoms with van der Waals surface area (Å²) in [5.74, 6) is 0.625. The predicted octanol–water partition coefficient (Wildman–Crippen LogP) is 4.04.